The SMILES string of the molecule is Cc1nn(-c2ccccc2)c(Oc2ccccc2)c1CN(C[C@H](O)COC(C)C)C1CC1. The fourth-order valence-corrected chi connectivity index (χ4v) is 3.78. The average Bonchev–Trinajstić information content (AvgIpc) is 3.60. The minimum atomic E-state index is -0.527. The smallest absolute Gasteiger partial charge is 0.227 e. The van der Waals surface area contributed by atoms with E-state index in [-0.39, 0.29) is 6.10 Å². The Morgan fingerprint density at radius 1 is 1.06 bits per heavy atom. The number of hydrogen-bond acceptors (Lipinski definition) is 5. The van der Waals surface area contributed by atoms with Gasteiger partial charge in [-0.1, -0.05) is 36.4 Å². The van der Waals surface area contributed by atoms with Gasteiger partial charge >= 0.3 is 0 Å². The second-order valence-electron chi connectivity index (χ2n) is 8.73. The first-order chi connectivity index (χ1) is 15.5. The molecule has 2 aromatic carbocycles. The molecule has 1 heterocycles. The van der Waals surface area contributed by atoms with Crippen LogP contribution in [-0.2, 0) is 11.3 Å². The zero-order valence-electron chi connectivity index (χ0n) is 19.1. The molecule has 1 atom stereocenters. The molecule has 0 radical (unpaired) electrons. The van der Waals surface area contributed by atoms with Gasteiger partial charge < -0.3 is 14.6 Å². The maximum atomic E-state index is 10.6. The van der Waals surface area contributed by atoms with Crippen molar-refractivity contribution in [1.29, 1.82) is 0 Å². The van der Waals surface area contributed by atoms with Crippen molar-refractivity contribution in [2.24, 2.45) is 0 Å². The molecule has 1 fully saturated rings. The van der Waals surface area contributed by atoms with Crippen LogP contribution in [0.25, 0.3) is 5.69 Å². The van der Waals surface area contributed by atoms with Gasteiger partial charge in [-0.05, 0) is 57.9 Å². The molecule has 4 rings (SSSR count). The fourth-order valence-electron chi connectivity index (χ4n) is 3.78. The summed E-state index contributed by atoms with van der Waals surface area (Å²) in [5.41, 5.74) is 2.93. The molecule has 0 amide bonds. The predicted molar refractivity (Wildman–Crippen MR) is 125 cm³/mol. The number of rotatable bonds is 11. The van der Waals surface area contributed by atoms with E-state index in [1.165, 1.54) is 0 Å². The topological polar surface area (TPSA) is 59.8 Å². The quantitative estimate of drug-likeness (QED) is 0.472. The molecule has 6 nitrogen and oxygen atoms in total. The molecule has 0 unspecified atom stereocenters. The minimum Gasteiger partial charge on any atom is -0.439 e. The van der Waals surface area contributed by atoms with E-state index in [4.69, 9.17) is 14.6 Å². The molecule has 1 aliphatic rings. The van der Waals surface area contributed by atoms with Crippen molar-refractivity contribution in [1.82, 2.24) is 14.7 Å². The molecule has 0 bridgehead atoms. The molecule has 170 valence electrons. The molecule has 0 aliphatic heterocycles. The molecule has 1 N–H and O–H groups in total. The van der Waals surface area contributed by atoms with Crippen LogP contribution in [0, 0.1) is 6.92 Å². The standard InChI is InChI=1S/C26H33N3O3/c1-19(2)31-18-23(30)16-28(21-14-15-21)17-25-20(3)27-29(22-10-6-4-7-11-22)26(25)32-24-12-8-5-9-13-24/h4-13,19,21,23,30H,14-18H2,1-3H3/t23-/m0/s1. The highest BCUT2D eigenvalue weighted by molar-refractivity contribution is 5.43. The molecule has 0 spiro atoms. The Morgan fingerprint density at radius 2 is 1.72 bits per heavy atom. The largest absolute Gasteiger partial charge is 0.439 e. The van der Waals surface area contributed by atoms with Crippen LogP contribution in [0.5, 0.6) is 11.6 Å². The molecule has 32 heavy (non-hydrogen) atoms. The zero-order valence-corrected chi connectivity index (χ0v) is 19.1. The van der Waals surface area contributed by atoms with Gasteiger partial charge in [0.25, 0.3) is 0 Å². The molecular formula is C26H33N3O3. The first-order valence-electron chi connectivity index (χ1n) is 11.4. The number of para-hydroxylation sites is 2. The summed E-state index contributed by atoms with van der Waals surface area (Å²) >= 11 is 0. The summed E-state index contributed by atoms with van der Waals surface area (Å²) in [4.78, 5) is 2.34. The Bertz CT molecular complexity index is 984. The lowest BCUT2D eigenvalue weighted by molar-refractivity contribution is -0.0107. The summed E-state index contributed by atoms with van der Waals surface area (Å²) in [5.74, 6) is 1.49. The number of aromatic nitrogens is 2. The average molecular weight is 436 g/mol. The van der Waals surface area contributed by atoms with Crippen molar-refractivity contribution in [3.63, 3.8) is 0 Å². The maximum absolute atomic E-state index is 10.6. The Kier molecular flexibility index (Phi) is 7.25. The lowest BCUT2D eigenvalue weighted by Gasteiger charge is -2.25. The van der Waals surface area contributed by atoms with Crippen LogP contribution < -0.4 is 4.74 Å². The van der Waals surface area contributed by atoms with Crippen LogP contribution in [0.3, 0.4) is 0 Å². The Labute approximate surface area is 190 Å². The molecular weight excluding hydrogens is 402 g/mol. The van der Waals surface area contributed by atoms with Gasteiger partial charge in [-0.3, -0.25) is 4.90 Å². The van der Waals surface area contributed by atoms with E-state index >= 15 is 0 Å². The first-order valence-corrected chi connectivity index (χ1v) is 11.4. The maximum Gasteiger partial charge on any atom is 0.227 e. The van der Waals surface area contributed by atoms with Crippen LogP contribution in [0.15, 0.2) is 60.7 Å². The van der Waals surface area contributed by atoms with E-state index in [0.29, 0.717) is 25.7 Å². The third-order valence-electron chi connectivity index (χ3n) is 5.59. The van der Waals surface area contributed by atoms with Crippen LogP contribution in [0.4, 0.5) is 0 Å². The van der Waals surface area contributed by atoms with Gasteiger partial charge in [0.2, 0.25) is 5.88 Å². The van der Waals surface area contributed by atoms with Gasteiger partial charge in [0, 0.05) is 19.1 Å². The third-order valence-corrected chi connectivity index (χ3v) is 5.59. The second kappa shape index (κ2) is 10.3. The van der Waals surface area contributed by atoms with Crippen molar-refractivity contribution in [3.8, 4) is 17.3 Å². The lowest BCUT2D eigenvalue weighted by atomic mass is 10.2. The van der Waals surface area contributed by atoms with Crippen molar-refractivity contribution < 1.29 is 14.6 Å². The lowest BCUT2D eigenvalue weighted by Crippen LogP contribution is -2.36. The zero-order chi connectivity index (χ0) is 22.5. The van der Waals surface area contributed by atoms with Crippen LogP contribution >= 0.6 is 0 Å². The number of aliphatic hydroxyl groups excluding tert-OH is 1. The summed E-state index contributed by atoms with van der Waals surface area (Å²) in [5, 5.41) is 15.4. The van der Waals surface area contributed by atoms with E-state index < -0.39 is 6.10 Å². The van der Waals surface area contributed by atoms with Crippen LogP contribution in [-0.4, -0.2) is 51.2 Å². The van der Waals surface area contributed by atoms with Gasteiger partial charge in [-0.2, -0.15) is 5.10 Å². The number of ether oxygens (including phenoxy) is 2. The van der Waals surface area contributed by atoms with Crippen molar-refractivity contribution in [3.05, 3.63) is 71.9 Å². The molecule has 0 saturated heterocycles. The molecule has 1 aromatic heterocycles. The normalized spacial score (nSPS) is 14.8. The van der Waals surface area contributed by atoms with Crippen LogP contribution in [0.2, 0.25) is 0 Å². The minimum absolute atomic E-state index is 0.108. The van der Waals surface area contributed by atoms with Crippen molar-refractivity contribution in [2.75, 3.05) is 13.2 Å². The number of aryl methyl sites for hydroxylation is 1. The van der Waals surface area contributed by atoms with E-state index in [9.17, 15) is 5.11 Å². The summed E-state index contributed by atoms with van der Waals surface area (Å²) in [6, 6.07) is 20.3. The number of aliphatic hydroxyl groups is 1. The van der Waals surface area contributed by atoms with Crippen molar-refractivity contribution in [2.45, 2.75) is 58.4 Å². The molecule has 1 saturated carbocycles. The predicted octanol–water partition coefficient (Wildman–Crippen LogP) is 4.72. The third kappa shape index (κ3) is 5.76. The van der Waals surface area contributed by atoms with Gasteiger partial charge in [-0.15, -0.1) is 0 Å². The highest BCUT2D eigenvalue weighted by Gasteiger charge is 2.32. The first kappa shape index (κ1) is 22.5. The summed E-state index contributed by atoms with van der Waals surface area (Å²) < 4.78 is 13.9. The number of benzene rings is 2. The highest BCUT2D eigenvalue weighted by atomic mass is 16.5. The van der Waals surface area contributed by atoms with Gasteiger partial charge in [0.1, 0.15) is 5.75 Å². The van der Waals surface area contributed by atoms with E-state index in [1.807, 2.05) is 86.1 Å². The van der Waals surface area contributed by atoms with Gasteiger partial charge in [-0.25, -0.2) is 4.68 Å². The number of hydrogen-bond donors (Lipinski definition) is 1. The Hall–Kier alpha value is -2.67. The van der Waals surface area contributed by atoms with E-state index in [1.54, 1.807) is 0 Å². The van der Waals surface area contributed by atoms with Gasteiger partial charge in [0.05, 0.1) is 35.8 Å². The summed E-state index contributed by atoms with van der Waals surface area (Å²) in [7, 11) is 0. The summed E-state index contributed by atoms with van der Waals surface area (Å²) in [6.45, 7) is 7.58. The van der Waals surface area contributed by atoms with E-state index in [2.05, 4.69) is 4.90 Å². The van der Waals surface area contributed by atoms with E-state index in [0.717, 1.165) is 41.4 Å². The Balaban J connectivity index is 1.62. The fraction of sp³-hybridized carbons (Fsp3) is 0.423. The second-order valence-corrected chi connectivity index (χ2v) is 8.73. The molecule has 3 aromatic rings. The highest BCUT2D eigenvalue weighted by Crippen LogP contribution is 2.35. The van der Waals surface area contributed by atoms with Gasteiger partial charge in [0.15, 0.2) is 0 Å². The monoisotopic (exact) mass is 435 g/mol. The van der Waals surface area contributed by atoms with Crippen molar-refractivity contribution >= 4 is 0 Å². The summed E-state index contributed by atoms with van der Waals surface area (Å²) in [6.07, 6.45) is 1.88. The molecule has 6 heteroatoms. The molecule has 1 aliphatic carbocycles. The number of nitrogens with zero attached hydrogens (tertiary/aromatic N) is 3. The Morgan fingerprint density at radius 3 is 2.34 bits per heavy atom. The van der Waals surface area contributed by atoms with Crippen LogP contribution in [0.1, 0.15) is 37.9 Å².